The quantitative estimate of drug-likeness (QED) is 0.829. The molecule has 2 nitrogen and oxygen atoms in total. The zero-order valence-electron chi connectivity index (χ0n) is 11.3. The van der Waals surface area contributed by atoms with Gasteiger partial charge in [-0.2, -0.15) is 26.3 Å². The molecule has 0 fully saturated rings. The molecule has 120 valence electrons. The van der Waals surface area contributed by atoms with E-state index in [1.807, 2.05) is 0 Å². The number of benzene rings is 1. The van der Waals surface area contributed by atoms with Crippen molar-refractivity contribution in [3.63, 3.8) is 0 Å². The predicted molar refractivity (Wildman–Crippen MR) is 64.5 cm³/mol. The highest BCUT2D eigenvalue weighted by atomic mass is 19.4. The summed E-state index contributed by atoms with van der Waals surface area (Å²) in [5.74, 6) is 0. The lowest BCUT2D eigenvalue weighted by molar-refractivity contribution is -0.143. The SMILES string of the molecule is CC(C)NCC(O)c1cc(C(F)(F)F)cc(C(F)(F)F)c1. The van der Waals surface area contributed by atoms with Gasteiger partial charge in [0.15, 0.2) is 0 Å². The zero-order chi connectivity index (χ0) is 16.4. The van der Waals surface area contributed by atoms with Crippen molar-refractivity contribution in [1.82, 2.24) is 5.32 Å². The van der Waals surface area contributed by atoms with E-state index in [0.29, 0.717) is 12.1 Å². The minimum absolute atomic E-state index is 0.0338. The topological polar surface area (TPSA) is 32.3 Å². The van der Waals surface area contributed by atoms with E-state index in [-0.39, 0.29) is 18.7 Å². The first-order valence-corrected chi connectivity index (χ1v) is 6.12. The summed E-state index contributed by atoms with van der Waals surface area (Å²) in [5, 5.41) is 12.5. The molecule has 1 atom stereocenters. The smallest absolute Gasteiger partial charge is 0.387 e. The maximum absolute atomic E-state index is 12.6. The van der Waals surface area contributed by atoms with Crippen LogP contribution in [0.4, 0.5) is 26.3 Å². The number of nitrogens with one attached hydrogen (secondary N) is 1. The van der Waals surface area contributed by atoms with E-state index in [1.54, 1.807) is 13.8 Å². The Morgan fingerprint density at radius 1 is 0.952 bits per heavy atom. The van der Waals surface area contributed by atoms with Gasteiger partial charge in [-0.15, -0.1) is 0 Å². The van der Waals surface area contributed by atoms with Crippen LogP contribution in [0.25, 0.3) is 0 Å². The third kappa shape index (κ3) is 5.20. The van der Waals surface area contributed by atoms with Gasteiger partial charge in [0, 0.05) is 12.6 Å². The van der Waals surface area contributed by atoms with Gasteiger partial charge in [-0.05, 0) is 23.8 Å². The molecule has 0 heterocycles. The fourth-order valence-corrected chi connectivity index (χ4v) is 1.64. The van der Waals surface area contributed by atoms with Crippen molar-refractivity contribution in [3.8, 4) is 0 Å². The van der Waals surface area contributed by atoms with Crippen LogP contribution in [0.2, 0.25) is 0 Å². The number of halogens is 6. The monoisotopic (exact) mass is 315 g/mol. The number of aliphatic hydroxyl groups is 1. The Morgan fingerprint density at radius 2 is 1.38 bits per heavy atom. The largest absolute Gasteiger partial charge is 0.416 e. The lowest BCUT2D eigenvalue weighted by Gasteiger charge is -2.18. The molecule has 1 aromatic carbocycles. The molecule has 1 rings (SSSR count). The average molecular weight is 315 g/mol. The maximum Gasteiger partial charge on any atom is 0.416 e. The number of alkyl halides is 6. The molecule has 0 amide bonds. The lowest BCUT2D eigenvalue weighted by atomic mass is 10.0. The minimum atomic E-state index is -4.92. The number of rotatable bonds is 4. The summed E-state index contributed by atoms with van der Waals surface area (Å²) in [6, 6.07) is 1.03. The van der Waals surface area contributed by atoms with Crippen molar-refractivity contribution >= 4 is 0 Å². The van der Waals surface area contributed by atoms with Gasteiger partial charge in [-0.25, -0.2) is 0 Å². The first kappa shape index (κ1) is 17.8. The van der Waals surface area contributed by atoms with Crippen LogP contribution in [0.3, 0.4) is 0 Å². The second kappa shape index (κ2) is 6.23. The van der Waals surface area contributed by atoms with Crippen LogP contribution >= 0.6 is 0 Å². The predicted octanol–water partition coefficient (Wildman–Crippen LogP) is 3.76. The molecule has 21 heavy (non-hydrogen) atoms. The molecule has 0 radical (unpaired) electrons. The van der Waals surface area contributed by atoms with Gasteiger partial charge < -0.3 is 10.4 Å². The first-order valence-electron chi connectivity index (χ1n) is 6.12. The van der Waals surface area contributed by atoms with Gasteiger partial charge in [0.1, 0.15) is 0 Å². The van der Waals surface area contributed by atoms with Gasteiger partial charge in [0.2, 0.25) is 0 Å². The van der Waals surface area contributed by atoms with Crippen molar-refractivity contribution in [1.29, 1.82) is 0 Å². The molecule has 0 saturated carbocycles. The van der Waals surface area contributed by atoms with Crippen LogP contribution in [0.15, 0.2) is 18.2 Å². The van der Waals surface area contributed by atoms with Crippen molar-refractivity contribution in [2.24, 2.45) is 0 Å². The molecule has 0 saturated heterocycles. The van der Waals surface area contributed by atoms with Crippen molar-refractivity contribution in [2.75, 3.05) is 6.54 Å². The van der Waals surface area contributed by atoms with Crippen LogP contribution in [-0.2, 0) is 12.4 Å². The third-order valence-electron chi connectivity index (χ3n) is 2.71. The Balaban J connectivity index is 3.19. The minimum Gasteiger partial charge on any atom is -0.387 e. The first-order chi connectivity index (χ1) is 9.41. The summed E-state index contributed by atoms with van der Waals surface area (Å²) in [6.07, 6.45) is -11.3. The Morgan fingerprint density at radius 3 is 1.71 bits per heavy atom. The van der Waals surface area contributed by atoms with Gasteiger partial charge in [0.05, 0.1) is 17.2 Å². The molecule has 1 aromatic rings. The summed E-state index contributed by atoms with van der Waals surface area (Å²) in [7, 11) is 0. The van der Waals surface area contributed by atoms with Crippen molar-refractivity contribution < 1.29 is 31.4 Å². The van der Waals surface area contributed by atoms with Crippen LogP contribution in [0.1, 0.15) is 36.6 Å². The number of hydrogen-bond acceptors (Lipinski definition) is 2. The molecule has 0 aliphatic heterocycles. The van der Waals surface area contributed by atoms with Crippen LogP contribution in [0.5, 0.6) is 0 Å². The molecule has 1 unspecified atom stereocenters. The van der Waals surface area contributed by atoms with Crippen LogP contribution < -0.4 is 5.32 Å². The van der Waals surface area contributed by atoms with Crippen molar-refractivity contribution in [3.05, 3.63) is 34.9 Å². The molecule has 0 aliphatic carbocycles. The van der Waals surface area contributed by atoms with Crippen LogP contribution in [0, 0.1) is 0 Å². The molecule has 0 bridgehead atoms. The fraction of sp³-hybridized carbons (Fsp3) is 0.538. The Hall–Kier alpha value is -1.28. The van der Waals surface area contributed by atoms with Crippen LogP contribution in [-0.4, -0.2) is 17.7 Å². The van der Waals surface area contributed by atoms with E-state index in [4.69, 9.17) is 0 Å². The van der Waals surface area contributed by atoms with Gasteiger partial charge in [-0.1, -0.05) is 13.8 Å². The third-order valence-corrected chi connectivity index (χ3v) is 2.71. The fourth-order valence-electron chi connectivity index (χ4n) is 1.64. The molecule has 0 spiro atoms. The molecule has 8 heteroatoms. The second-order valence-electron chi connectivity index (χ2n) is 4.92. The van der Waals surface area contributed by atoms with E-state index in [2.05, 4.69) is 5.32 Å². The molecule has 0 aromatic heterocycles. The Kier molecular flexibility index (Phi) is 5.27. The van der Waals surface area contributed by atoms with E-state index < -0.39 is 35.1 Å². The summed E-state index contributed by atoms with van der Waals surface area (Å²) < 4.78 is 75.9. The zero-order valence-corrected chi connectivity index (χ0v) is 11.3. The standard InChI is InChI=1S/C13H15F6NO/c1-7(2)20-6-11(21)8-3-9(12(14,15)16)5-10(4-8)13(17,18)19/h3-5,7,11,20-21H,6H2,1-2H3. The van der Waals surface area contributed by atoms with E-state index in [9.17, 15) is 31.4 Å². The molecular weight excluding hydrogens is 300 g/mol. The lowest BCUT2D eigenvalue weighted by Crippen LogP contribution is -2.28. The second-order valence-corrected chi connectivity index (χ2v) is 4.92. The van der Waals surface area contributed by atoms with E-state index in [0.717, 1.165) is 0 Å². The molecule has 2 N–H and O–H groups in total. The van der Waals surface area contributed by atoms with E-state index >= 15 is 0 Å². The van der Waals surface area contributed by atoms with Gasteiger partial charge >= 0.3 is 12.4 Å². The highest BCUT2D eigenvalue weighted by Gasteiger charge is 2.37. The Bertz CT molecular complexity index is 448. The van der Waals surface area contributed by atoms with Crippen molar-refractivity contribution in [2.45, 2.75) is 38.3 Å². The highest BCUT2D eigenvalue weighted by molar-refractivity contribution is 5.34. The summed E-state index contributed by atoms with van der Waals surface area (Å²) in [4.78, 5) is 0. The Labute approximate surface area is 117 Å². The average Bonchev–Trinajstić information content (AvgIpc) is 2.33. The summed E-state index contributed by atoms with van der Waals surface area (Å²) >= 11 is 0. The normalized spacial score (nSPS) is 14.6. The number of aliphatic hydroxyl groups excluding tert-OH is 1. The summed E-state index contributed by atoms with van der Waals surface area (Å²) in [6.45, 7) is 3.33. The molecular formula is C13H15F6NO. The maximum atomic E-state index is 12.6. The highest BCUT2D eigenvalue weighted by Crippen LogP contribution is 2.37. The van der Waals surface area contributed by atoms with E-state index in [1.165, 1.54) is 0 Å². The summed E-state index contributed by atoms with van der Waals surface area (Å²) in [5.41, 5.74) is -3.29. The molecule has 0 aliphatic rings. The van der Waals surface area contributed by atoms with Gasteiger partial charge in [0.25, 0.3) is 0 Å². The number of hydrogen-bond donors (Lipinski definition) is 2. The van der Waals surface area contributed by atoms with Gasteiger partial charge in [-0.3, -0.25) is 0 Å².